The van der Waals surface area contributed by atoms with E-state index in [0.29, 0.717) is 18.4 Å². The van der Waals surface area contributed by atoms with Crippen LogP contribution in [0.5, 0.6) is 5.75 Å². The van der Waals surface area contributed by atoms with Crippen LogP contribution < -0.4 is 31.9 Å². The van der Waals surface area contributed by atoms with Crippen LogP contribution >= 0.6 is 0 Å². The number of terminal acetylenes is 1. The molecular weight excluding hydrogens is 817 g/mol. The molecule has 1 saturated heterocycles. The Bertz CT molecular complexity index is 1710. The molecule has 2 unspecified atom stereocenters. The van der Waals surface area contributed by atoms with Crippen LogP contribution in [0.2, 0.25) is 0 Å². The van der Waals surface area contributed by atoms with Gasteiger partial charge in [-0.25, -0.2) is 0 Å². The molecule has 0 aliphatic carbocycles. The zero-order valence-electron chi connectivity index (χ0n) is 37.1. The molecule has 20 heteroatoms. The van der Waals surface area contributed by atoms with Gasteiger partial charge in [0.1, 0.15) is 36.0 Å². The number of hydrogen-bond acceptors (Lipinski definition) is 12. The van der Waals surface area contributed by atoms with Gasteiger partial charge in [-0.3, -0.25) is 33.6 Å². The molecule has 7 amide bonds. The number of aliphatic hydroxyl groups excluding tert-OH is 2. The van der Waals surface area contributed by atoms with Crippen LogP contribution in [0.3, 0.4) is 0 Å². The minimum atomic E-state index is -1.89. The highest BCUT2D eigenvalue weighted by molar-refractivity contribution is 6.41. The van der Waals surface area contributed by atoms with Crippen LogP contribution in [0.25, 0.3) is 0 Å². The van der Waals surface area contributed by atoms with E-state index in [2.05, 4.69) is 44.7 Å². The van der Waals surface area contributed by atoms with Crippen molar-refractivity contribution in [2.24, 2.45) is 5.92 Å². The Morgan fingerprint density at radius 3 is 1.97 bits per heavy atom. The van der Waals surface area contributed by atoms with Crippen LogP contribution in [0, 0.1) is 18.3 Å². The normalized spacial score (nSPS) is 16.8. The molecule has 0 aromatic heterocycles. The number of benzene rings is 1. The van der Waals surface area contributed by atoms with Gasteiger partial charge in [0.05, 0.1) is 18.7 Å². The second kappa shape index (κ2) is 27.8. The molecule has 1 heterocycles. The van der Waals surface area contributed by atoms with Crippen molar-refractivity contribution in [3.8, 4) is 18.1 Å². The van der Waals surface area contributed by atoms with Crippen LogP contribution in [0.1, 0.15) is 111 Å². The number of phenolic OH excluding ortho intramolecular Hbond substituents is 1. The Balaban J connectivity index is 2.14. The molecule has 19 nitrogen and oxygen atoms in total. The number of carbonyl (C=O) groups is 7. The number of rotatable bonds is 27. The van der Waals surface area contributed by atoms with Gasteiger partial charge in [0.15, 0.2) is 6.04 Å². The first-order valence-corrected chi connectivity index (χ1v) is 21.8. The average molecular weight is 886 g/mol. The number of likely N-dealkylation sites (tertiary alicyclic amines) is 1. The van der Waals surface area contributed by atoms with E-state index in [0.717, 1.165) is 37.0 Å². The number of amides is 7. The zero-order valence-corrected chi connectivity index (χ0v) is 37.1. The summed E-state index contributed by atoms with van der Waals surface area (Å²) in [6, 6.07) is -2.78. The molecule has 0 spiro atoms. The summed E-state index contributed by atoms with van der Waals surface area (Å²) >= 11 is 0. The van der Waals surface area contributed by atoms with Crippen molar-refractivity contribution >= 4 is 48.5 Å². The monoisotopic (exact) mass is 886 g/mol. The topological polar surface area (TPSA) is 296 Å². The third kappa shape index (κ3) is 19.0. The quantitative estimate of drug-likeness (QED) is 0.0290. The lowest BCUT2D eigenvalue weighted by Gasteiger charge is -2.32. The fourth-order valence-electron chi connectivity index (χ4n) is 7.05. The second-order valence-corrected chi connectivity index (χ2v) is 16.5. The van der Waals surface area contributed by atoms with Gasteiger partial charge in [-0.1, -0.05) is 77.3 Å². The number of aromatic hydroxyl groups is 1. The molecule has 350 valence electrons. The van der Waals surface area contributed by atoms with Gasteiger partial charge in [0, 0.05) is 19.4 Å². The van der Waals surface area contributed by atoms with Crippen LogP contribution in [-0.2, 0) is 40.0 Å². The summed E-state index contributed by atoms with van der Waals surface area (Å²) in [6.07, 6.45) is 10.0. The molecule has 1 aliphatic heterocycles. The Morgan fingerprint density at radius 2 is 1.40 bits per heavy atom. The minimum absolute atomic E-state index is 0.00968. The van der Waals surface area contributed by atoms with E-state index < -0.39 is 97.5 Å². The molecule has 1 aliphatic rings. The Hall–Kier alpha value is -5.23. The first-order valence-electron chi connectivity index (χ1n) is 21.8. The zero-order chi connectivity index (χ0) is 47.2. The van der Waals surface area contributed by atoms with Crippen molar-refractivity contribution in [3.05, 3.63) is 29.8 Å². The Kier molecular flexibility index (Phi) is 23.7. The lowest BCUT2D eigenvalue weighted by Crippen LogP contribution is -2.62. The predicted octanol–water partition coefficient (Wildman–Crippen LogP) is -0.940. The van der Waals surface area contributed by atoms with E-state index in [1.165, 1.54) is 44.5 Å². The molecule has 2 rings (SSSR count). The maximum absolute atomic E-state index is 14.0. The molecule has 1 aromatic rings. The second-order valence-electron chi connectivity index (χ2n) is 16.5. The third-order valence-electron chi connectivity index (χ3n) is 10.5. The summed E-state index contributed by atoms with van der Waals surface area (Å²) in [6.45, 7) is 8.45. The number of carbonyl (C=O) groups excluding carboxylic acids is 7. The maximum Gasteiger partial charge on any atom is 0.472 e. The summed E-state index contributed by atoms with van der Waals surface area (Å²) in [5, 5.41) is 64.1. The van der Waals surface area contributed by atoms with Crippen molar-refractivity contribution in [2.45, 2.75) is 160 Å². The first-order chi connectivity index (χ1) is 29.8. The van der Waals surface area contributed by atoms with E-state index >= 15 is 0 Å². The van der Waals surface area contributed by atoms with E-state index in [1.807, 2.05) is 13.8 Å². The van der Waals surface area contributed by atoms with Gasteiger partial charge in [-0.2, -0.15) is 0 Å². The molecular formula is C43H68BN7O12. The summed E-state index contributed by atoms with van der Waals surface area (Å²) in [5.41, 5.74) is 0.491. The van der Waals surface area contributed by atoms with Gasteiger partial charge < -0.3 is 62.2 Å². The van der Waals surface area contributed by atoms with Crippen molar-refractivity contribution in [1.82, 2.24) is 36.8 Å². The first kappa shape index (κ1) is 53.9. The third-order valence-corrected chi connectivity index (χ3v) is 10.5. The van der Waals surface area contributed by atoms with Crippen LogP contribution in [-0.4, -0.2) is 140 Å². The molecule has 0 radical (unpaired) electrons. The molecule has 0 bridgehead atoms. The van der Waals surface area contributed by atoms with E-state index in [1.54, 1.807) is 0 Å². The molecule has 0 saturated carbocycles. The van der Waals surface area contributed by atoms with Crippen molar-refractivity contribution in [1.29, 1.82) is 0 Å². The molecule has 1 fully saturated rings. The molecule has 63 heavy (non-hydrogen) atoms. The van der Waals surface area contributed by atoms with Gasteiger partial charge in [0.2, 0.25) is 35.4 Å². The highest BCUT2D eigenvalue weighted by Crippen LogP contribution is 2.21. The molecule has 11 N–H and O–H groups in total. The number of aliphatic hydroxyl groups is 2. The van der Waals surface area contributed by atoms with Gasteiger partial charge in [0.25, 0.3) is 5.91 Å². The number of hydrogen-bond donors (Lipinski definition) is 11. The summed E-state index contributed by atoms with van der Waals surface area (Å²) in [4.78, 5) is 95.0. The van der Waals surface area contributed by atoms with Gasteiger partial charge in [-0.15, -0.1) is 6.42 Å². The summed E-state index contributed by atoms with van der Waals surface area (Å²) < 4.78 is 0. The number of nitrogens with zero attached hydrogens (tertiary/aromatic N) is 1. The largest absolute Gasteiger partial charge is 0.508 e. The van der Waals surface area contributed by atoms with Gasteiger partial charge in [-0.05, 0) is 63.1 Å². The molecule has 8 atom stereocenters. The van der Waals surface area contributed by atoms with E-state index in [4.69, 9.17) is 6.42 Å². The number of unbranched alkanes of at least 4 members (excludes halogenated alkanes) is 6. The minimum Gasteiger partial charge on any atom is -0.508 e. The van der Waals surface area contributed by atoms with Crippen molar-refractivity contribution in [3.63, 3.8) is 0 Å². The Labute approximate surface area is 370 Å². The average Bonchev–Trinajstić information content (AvgIpc) is 3.72. The fraction of sp³-hybridized carbons (Fsp3) is 0.651. The standard InChI is InChI=1S/C43H68BN7O12/c1-7-9-10-11-12-13-14-17-35(55)46-32(23-26(3)4)40(58)50-37(28(6)53)43(61)51-22-15-16-34(51)41(59)49-36(27(5)52)42(60)47-31(8-2)39(57)48-33(38(56)45-25-44(62)63)24-29-18-20-30(54)21-19-29/h2,18-21,26-28,31-34,36-37,52-54,62-63H,7,9-17,22-25H2,1,3-6H3,(H,45,56)(H,46,55)(H,47,60)(H,48,57)(H,49,59)(H,50,58)/t27?,28?,31-,32-,33-,34+,36-,37-/m0/s1. The van der Waals surface area contributed by atoms with Gasteiger partial charge >= 0.3 is 7.12 Å². The fourth-order valence-corrected chi connectivity index (χ4v) is 7.05. The lowest BCUT2D eigenvalue weighted by molar-refractivity contribution is -0.145. The predicted molar refractivity (Wildman–Crippen MR) is 234 cm³/mol. The Morgan fingerprint density at radius 1 is 0.778 bits per heavy atom. The smallest absolute Gasteiger partial charge is 0.472 e. The number of phenols is 1. The lowest BCUT2D eigenvalue weighted by atomic mass is 9.92. The summed E-state index contributed by atoms with van der Waals surface area (Å²) in [7, 11) is -1.89. The number of nitrogens with one attached hydrogen (secondary N) is 6. The van der Waals surface area contributed by atoms with E-state index in [9.17, 15) is 58.9 Å². The highest BCUT2D eigenvalue weighted by atomic mass is 16.4. The van der Waals surface area contributed by atoms with Crippen molar-refractivity contribution in [2.75, 3.05) is 13.0 Å². The van der Waals surface area contributed by atoms with Crippen LogP contribution in [0.4, 0.5) is 0 Å². The SMILES string of the molecule is C#C[C@H](NC(=O)[C@@H](NC(=O)[C@H]1CCCN1C(=O)[C@@H](NC(=O)[C@H](CC(C)C)NC(=O)CCCCCCCCC)C(C)O)C(C)O)C(=O)N[C@@H](Cc1ccc(O)cc1)C(=O)NCB(O)O. The maximum atomic E-state index is 14.0. The van der Waals surface area contributed by atoms with Crippen molar-refractivity contribution < 1.29 is 58.9 Å². The van der Waals surface area contributed by atoms with E-state index in [-0.39, 0.29) is 49.8 Å². The summed E-state index contributed by atoms with van der Waals surface area (Å²) in [5.74, 6) is -3.54. The highest BCUT2D eigenvalue weighted by Gasteiger charge is 2.42. The van der Waals surface area contributed by atoms with Crippen LogP contribution in [0.15, 0.2) is 24.3 Å². The molecule has 1 aromatic carbocycles.